The van der Waals surface area contributed by atoms with Crippen molar-refractivity contribution < 1.29 is 9.59 Å². The third-order valence-corrected chi connectivity index (χ3v) is 5.91. The molecule has 31 heavy (non-hydrogen) atoms. The number of hydrogen-bond donors (Lipinski definition) is 3. The van der Waals surface area contributed by atoms with Gasteiger partial charge in [0.25, 0.3) is 0 Å². The summed E-state index contributed by atoms with van der Waals surface area (Å²) in [7, 11) is 0. The molecule has 2 aromatic heterocycles. The Kier molecular flexibility index (Phi) is 4.68. The molecule has 3 N–H and O–H groups in total. The fourth-order valence-electron chi connectivity index (χ4n) is 3.24. The Bertz CT molecular complexity index is 1440. The van der Waals surface area contributed by atoms with Gasteiger partial charge in [0.15, 0.2) is 0 Å². The predicted octanol–water partition coefficient (Wildman–Crippen LogP) is 4.73. The molecule has 0 radical (unpaired) electrons. The smallest absolute Gasteiger partial charge is 0.314 e. The molecule has 7 nitrogen and oxygen atoms in total. The second-order valence-corrected chi connectivity index (χ2v) is 8.18. The molecule has 152 valence electrons. The Labute approximate surface area is 181 Å². The first-order valence-corrected chi connectivity index (χ1v) is 10.4. The Hall–Kier alpha value is -4.04. The van der Waals surface area contributed by atoms with E-state index in [-0.39, 0.29) is 0 Å². The second-order valence-electron chi connectivity index (χ2n) is 7.15. The SMILES string of the molecule is Cc1ccc2nc(-c3ccc(NC(=O)C(=O)Nc4ccc5cn[nH]c5c4)cc3)sc2c1. The molecule has 0 bridgehead atoms. The number of hydrogen-bond acceptors (Lipinski definition) is 5. The van der Waals surface area contributed by atoms with Gasteiger partial charge in [-0.25, -0.2) is 4.98 Å². The molecule has 3 aromatic carbocycles. The number of amides is 2. The highest BCUT2D eigenvalue weighted by Gasteiger charge is 2.15. The number of anilines is 2. The number of carbonyl (C=O) groups is 2. The summed E-state index contributed by atoms with van der Waals surface area (Å²) in [5.41, 5.74) is 4.94. The van der Waals surface area contributed by atoms with E-state index in [1.165, 1.54) is 5.56 Å². The van der Waals surface area contributed by atoms with Crippen LogP contribution in [0.4, 0.5) is 11.4 Å². The highest BCUT2D eigenvalue weighted by atomic mass is 32.1. The number of benzene rings is 3. The zero-order valence-electron chi connectivity index (χ0n) is 16.5. The fourth-order valence-corrected chi connectivity index (χ4v) is 4.31. The summed E-state index contributed by atoms with van der Waals surface area (Å²) in [4.78, 5) is 29.2. The maximum absolute atomic E-state index is 12.3. The van der Waals surface area contributed by atoms with Crippen LogP contribution in [0.5, 0.6) is 0 Å². The van der Waals surface area contributed by atoms with Crippen LogP contribution in [0.3, 0.4) is 0 Å². The largest absolute Gasteiger partial charge is 0.318 e. The molecule has 0 unspecified atom stereocenters. The van der Waals surface area contributed by atoms with Crippen molar-refractivity contribution in [2.45, 2.75) is 6.92 Å². The number of rotatable bonds is 3. The van der Waals surface area contributed by atoms with Crippen molar-refractivity contribution in [2.24, 2.45) is 0 Å². The number of aromatic nitrogens is 3. The number of fused-ring (bicyclic) bond motifs is 2. The summed E-state index contributed by atoms with van der Waals surface area (Å²) in [5.74, 6) is -1.49. The van der Waals surface area contributed by atoms with Crippen LogP contribution in [0.2, 0.25) is 0 Å². The number of nitrogens with zero attached hydrogens (tertiary/aromatic N) is 2. The first-order chi connectivity index (χ1) is 15.0. The first kappa shape index (κ1) is 19.0. The lowest BCUT2D eigenvalue weighted by Gasteiger charge is -2.07. The van der Waals surface area contributed by atoms with Crippen molar-refractivity contribution in [3.05, 3.63) is 72.4 Å². The van der Waals surface area contributed by atoms with Crippen molar-refractivity contribution in [3.63, 3.8) is 0 Å². The lowest BCUT2D eigenvalue weighted by Crippen LogP contribution is -2.29. The lowest BCUT2D eigenvalue weighted by atomic mass is 10.2. The van der Waals surface area contributed by atoms with Crippen molar-refractivity contribution in [1.29, 1.82) is 0 Å². The van der Waals surface area contributed by atoms with Gasteiger partial charge in [-0.1, -0.05) is 6.07 Å². The van der Waals surface area contributed by atoms with Gasteiger partial charge in [0, 0.05) is 22.3 Å². The van der Waals surface area contributed by atoms with Gasteiger partial charge >= 0.3 is 11.8 Å². The predicted molar refractivity (Wildman–Crippen MR) is 123 cm³/mol. The van der Waals surface area contributed by atoms with E-state index in [0.29, 0.717) is 11.4 Å². The fraction of sp³-hybridized carbons (Fsp3) is 0.0435. The minimum Gasteiger partial charge on any atom is -0.318 e. The zero-order valence-corrected chi connectivity index (χ0v) is 17.3. The zero-order chi connectivity index (χ0) is 21.4. The van der Waals surface area contributed by atoms with E-state index in [4.69, 9.17) is 0 Å². The third-order valence-electron chi connectivity index (χ3n) is 4.84. The second kappa shape index (κ2) is 7.66. The molecule has 2 amide bonds. The molecule has 0 saturated carbocycles. The van der Waals surface area contributed by atoms with E-state index in [9.17, 15) is 9.59 Å². The summed E-state index contributed by atoms with van der Waals surface area (Å²) < 4.78 is 1.14. The molecule has 0 saturated heterocycles. The molecule has 0 aliphatic carbocycles. The van der Waals surface area contributed by atoms with Crippen molar-refractivity contribution >= 4 is 55.6 Å². The average molecular weight is 427 g/mol. The Morgan fingerprint density at radius 1 is 0.903 bits per heavy atom. The van der Waals surface area contributed by atoms with E-state index >= 15 is 0 Å². The minimum atomic E-state index is -0.746. The van der Waals surface area contributed by atoms with Gasteiger partial charge in [-0.15, -0.1) is 11.3 Å². The van der Waals surface area contributed by atoms with E-state index in [0.717, 1.165) is 31.7 Å². The molecule has 2 heterocycles. The Balaban J connectivity index is 1.26. The van der Waals surface area contributed by atoms with Crippen LogP contribution in [-0.4, -0.2) is 27.0 Å². The van der Waals surface area contributed by atoms with Crippen LogP contribution in [0.15, 0.2) is 66.9 Å². The van der Waals surface area contributed by atoms with Gasteiger partial charge in [-0.05, 0) is 67.1 Å². The summed E-state index contributed by atoms with van der Waals surface area (Å²) in [6, 6.07) is 18.7. The normalized spacial score (nSPS) is 11.0. The maximum Gasteiger partial charge on any atom is 0.314 e. The quantitative estimate of drug-likeness (QED) is 0.363. The van der Waals surface area contributed by atoms with Gasteiger partial charge in [-0.2, -0.15) is 5.10 Å². The van der Waals surface area contributed by atoms with Crippen LogP contribution >= 0.6 is 11.3 Å². The number of aryl methyl sites for hydroxylation is 1. The molecule has 8 heteroatoms. The standard InChI is InChI=1S/C23H17N5O2S/c1-13-2-9-18-20(10-13)31-23(27-18)14-3-6-16(7-4-14)25-21(29)22(30)26-17-8-5-15-12-24-28-19(15)11-17/h2-12H,1H3,(H,24,28)(H,25,29)(H,26,30). The molecule has 5 aromatic rings. The average Bonchev–Trinajstić information content (AvgIpc) is 3.40. The number of thiazole rings is 1. The number of carbonyl (C=O) groups excluding carboxylic acids is 2. The van der Waals surface area contributed by atoms with Gasteiger partial charge in [0.05, 0.1) is 21.9 Å². The number of nitrogens with one attached hydrogen (secondary N) is 3. The van der Waals surface area contributed by atoms with E-state index in [1.807, 2.05) is 30.3 Å². The van der Waals surface area contributed by atoms with E-state index in [2.05, 4.69) is 38.8 Å². The van der Waals surface area contributed by atoms with Crippen LogP contribution in [-0.2, 0) is 9.59 Å². The Morgan fingerprint density at radius 3 is 2.45 bits per heavy atom. The summed E-state index contributed by atoms with van der Waals surface area (Å²) in [5, 5.41) is 13.8. The number of aromatic amines is 1. The van der Waals surface area contributed by atoms with Gasteiger partial charge < -0.3 is 10.6 Å². The van der Waals surface area contributed by atoms with Crippen LogP contribution in [0.25, 0.3) is 31.7 Å². The molecular weight excluding hydrogens is 410 g/mol. The topological polar surface area (TPSA) is 99.8 Å². The molecule has 0 aliphatic heterocycles. The van der Waals surface area contributed by atoms with E-state index in [1.54, 1.807) is 41.8 Å². The first-order valence-electron chi connectivity index (χ1n) is 9.58. The maximum atomic E-state index is 12.3. The molecular formula is C23H17N5O2S. The van der Waals surface area contributed by atoms with Crippen molar-refractivity contribution in [3.8, 4) is 10.6 Å². The molecule has 0 aliphatic rings. The molecule has 0 fully saturated rings. The Morgan fingerprint density at radius 2 is 1.65 bits per heavy atom. The van der Waals surface area contributed by atoms with Crippen molar-refractivity contribution in [1.82, 2.24) is 15.2 Å². The highest BCUT2D eigenvalue weighted by molar-refractivity contribution is 7.21. The molecule has 0 spiro atoms. The summed E-state index contributed by atoms with van der Waals surface area (Å²) in [6.07, 6.45) is 1.69. The van der Waals surface area contributed by atoms with Gasteiger partial charge in [0.1, 0.15) is 5.01 Å². The van der Waals surface area contributed by atoms with Crippen LogP contribution < -0.4 is 10.6 Å². The van der Waals surface area contributed by atoms with Crippen molar-refractivity contribution in [2.75, 3.05) is 10.6 Å². The van der Waals surface area contributed by atoms with Gasteiger partial charge in [0.2, 0.25) is 0 Å². The molecule has 5 rings (SSSR count). The van der Waals surface area contributed by atoms with Gasteiger partial charge in [-0.3, -0.25) is 14.7 Å². The monoisotopic (exact) mass is 427 g/mol. The summed E-state index contributed by atoms with van der Waals surface area (Å²) >= 11 is 1.62. The summed E-state index contributed by atoms with van der Waals surface area (Å²) in [6.45, 7) is 2.06. The van der Waals surface area contributed by atoms with E-state index < -0.39 is 11.8 Å². The number of H-pyrrole nitrogens is 1. The van der Waals surface area contributed by atoms with Crippen LogP contribution in [0, 0.1) is 6.92 Å². The molecule has 0 atom stereocenters. The van der Waals surface area contributed by atoms with Crippen LogP contribution in [0.1, 0.15) is 5.56 Å². The third kappa shape index (κ3) is 3.88. The highest BCUT2D eigenvalue weighted by Crippen LogP contribution is 2.31. The lowest BCUT2D eigenvalue weighted by molar-refractivity contribution is -0.132. The minimum absolute atomic E-state index is 0.512.